The number of carboxylic acids is 1. The summed E-state index contributed by atoms with van der Waals surface area (Å²) in [6, 6.07) is 3.08. The van der Waals surface area contributed by atoms with Crippen molar-refractivity contribution < 1.29 is 24.2 Å². The molecule has 3 unspecified atom stereocenters. The van der Waals surface area contributed by atoms with Gasteiger partial charge in [0.1, 0.15) is 24.3 Å². The van der Waals surface area contributed by atoms with E-state index in [0.717, 1.165) is 22.4 Å². The second-order valence-corrected chi connectivity index (χ2v) is 6.28. The van der Waals surface area contributed by atoms with Gasteiger partial charge in [-0.2, -0.15) is 0 Å². The molecule has 2 aliphatic rings. The Hall–Kier alpha value is -2.08. The van der Waals surface area contributed by atoms with Gasteiger partial charge in [-0.15, -0.1) is 0 Å². The van der Waals surface area contributed by atoms with Crippen molar-refractivity contribution in [2.75, 3.05) is 20.3 Å². The summed E-state index contributed by atoms with van der Waals surface area (Å²) in [4.78, 5) is 25.8. The Morgan fingerprint density at radius 2 is 2.00 bits per heavy atom. The predicted octanol–water partition coefficient (Wildman–Crippen LogP) is 1.48. The number of carboxylic acid groups (broad SMARTS) is 1. The number of rotatable bonds is 3. The first kappa shape index (κ1) is 15.8. The highest BCUT2D eigenvalue weighted by Gasteiger charge is 2.44. The summed E-state index contributed by atoms with van der Waals surface area (Å²) < 4.78 is 10.9. The lowest BCUT2D eigenvalue weighted by Gasteiger charge is -2.24. The topological polar surface area (TPSA) is 76.1 Å². The summed E-state index contributed by atoms with van der Waals surface area (Å²) in [7, 11) is 1.54. The van der Waals surface area contributed by atoms with Crippen LogP contribution < -0.4 is 4.74 Å². The zero-order valence-electron chi connectivity index (χ0n) is 13.5. The van der Waals surface area contributed by atoms with E-state index >= 15 is 0 Å². The number of aryl methyl sites for hydroxylation is 2. The van der Waals surface area contributed by atoms with Crippen molar-refractivity contribution in [2.24, 2.45) is 0 Å². The number of carbonyl (C=O) groups excluding carboxylic acids is 1. The van der Waals surface area contributed by atoms with Gasteiger partial charge in [-0.3, -0.25) is 4.79 Å². The summed E-state index contributed by atoms with van der Waals surface area (Å²) in [5.74, 6) is -0.904. The Bertz CT molecular complexity index is 657. The number of methoxy groups -OCH3 is 1. The molecule has 1 N–H and O–H groups in total. The summed E-state index contributed by atoms with van der Waals surface area (Å²) in [6.45, 7) is 4.56. The first-order valence-corrected chi connectivity index (χ1v) is 7.72. The van der Waals surface area contributed by atoms with E-state index in [-0.39, 0.29) is 18.6 Å². The molecule has 0 radical (unpaired) electrons. The van der Waals surface area contributed by atoms with Crippen LogP contribution in [-0.4, -0.2) is 54.3 Å². The van der Waals surface area contributed by atoms with Crippen molar-refractivity contribution in [3.8, 4) is 5.75 Å². The molecule has 23 heavy (non-hydrogen) atoms. The second kappa shape index (κ2) is 5.85. The molecule has 2 aliphatic heterocycles. The highest BCUT2D eigenvalue weighted by molar-refractivity contribution is 5.90. The molecule has 3 rings (SSSR count). The van der Waals surface area contributed by atoms with E-state index in [1.165, 1.54) is 12.0 Å². The molecule has 2 heterocycles. The van der Waals surface area contributed by atoms with E-state index < -0.39 is 17.9 Å². The van der Waals surface area contributed by atoms with E-state index in [4.69, 9.17) is 9.47 Å². The fraction of sp³-hybridized carbons (Fsp3) is 0.529. The molecule has 0 bridgehead atoms. The van der Waals surface area contributed by atoms with Gasteiger partial charge in [0.15, 0.2) is 0 Å². The van der Waals surface area contributed by atoms with E-state index in [1.54, 1.807) is 0 Å². The number of carbonyl (C=O) groups is 2. The zero-order chi connectivity index (χ0) is 16.7. The third-order valence-corrected chi connectivity index (χ3v) is 4.87. The third kappa shape index (κ3) is 2.67. The van der Waals surface area contributed by atoms with Gasteiger partial charge >= 0.3 is 5.97 Å². The molecule has 0 spiro atoms. The minimum Gasteiger partial charge on any atom is -0.492 e. The number of amides is 1. The molecule has 1 amide bonds. The molecular formula is C17H21NO5. The van der Waals surface area contributed by atoms with Crippen LogP contribution in [0, 0.1) is 13.8 Å². The summed E-state index contributed by atoms with van der Waals surface area (Å²) in [5.41, 5.74) is 3.06. The quantitative estimate of drug-likeness (QED) is 0.913. The average Bonchev–Trinajstić information content (AvgIpc) is 3.11. The number of ether oxygens (including phenoxy) is 2. The van der Waals surface area contributed by atoms with Crippen LogP contribution in [0.15, 0.2) is 12.1 Å². The molecule has 124 valence electrons. The van der Waals surface area contributed by atoms with Crippen molar-refractivity contribution in [2.45, 2.75) is 38.3 Å². The second-order valence-electron chi connectivity index (χ2n) is 6.28. The minimum absolute atomic E-state index is 0.195. The highest BCUT2D eigenvalue weighted by Crippen LogP contribution is 2.38. The summed E-state index contributed by atoms with van der Waals surface area (Å²) >= 11 is 0. The van der Waals surface area contributed by atoms with Crippen molar-refractivity contribution in [3.05, 3.63) is 28.8 Å². The maximum absolute atomic E-state index is 12.9. The SMILES string of the molecule is COC1CC(C(=O)O)N(C(=O)C2COc3cc(C)c(C)cc32)C1. The molecule has 0 aromatic heterocycles. The number of hydrogen-bond acceptors (Lipinski definition) is 4. The van der Waals surface area contributed by atoms with Crippen LogP contribution in [0.3, 0.4) is 0 Å². The first-order chi connectivity index (χ1) is 10.9. The van der Waals surface area contributed by atoms with Crippen molar-refractivity contribution >= 4 is 11.9 Å². The van der Waals surface area contributed by atoms with E-state index in [9.17, 15) is 14.7 Å². The van der Waals surface area contributed by atoms with Crippen molar-refractivity contribution in [1.29, 1.82) is 0 Å². The highest BCUT2D eigenvalue weighted by atomic mass is 16.5. The van der Waals surface area contributed by atoms with Crippen LogP contribution in [-0.2, 0) is 14.3 Å². The molecule has 3 atom stereocenters. The number of hydrogen-bond donors (Lipinski definition) is 1. The summed E-state index contributed by atoms with van der Waals surface area (Å²) in [6.07, 6.45) is 0.0897. The summed E-state index contributed by atoms with van der Waals surface area (Å²) in [5, 5.41) is 9.38. The average molecular weight is 319 g/mol. The Morgan fingerprint density at radius 1 is 1.30 bits per heavy atom. The maximum atomic E-state index is 12.9. The Balaban J connectivity index is 1.88. The lowest BCUT2D eigenvalue weighted by molar-refractivity contribution is -0.148. The molecule has 6 nitrogen and oxygen atoms in total. The van der Waals surface area contributed by atoms with E-state index in [1.807, 2.05) is 26.0 Å². The monoisotopic (exact) mass is 319 g/mol. The number of fused-ring (bicyclic) bond motifs is 1. The molecule has 6 heteroatoms. The Labute approximate surface area is 135 Å². The molecule has 1 aromatic carbocycles. The first-order valence-electron chi connectivity index (χ1n) is 7.72. The molecule has 1 saturated heterocycles. The van der Waals surface area contributed by atoms with Gasteiger partial charge in [-0.1, -0.05) is 6.07 Å². The molecule has 1 fully saturated rings. The van der Waals surface area contributed by atoms with E-state index in [0.29, 0.717) is 13.0 Å². The Kier molecular flexibility index (Phi) is 4.02. The van der Waals surface area contributed by atoms with Crippen LogP contribution in [0.2, 0.25) is 0 Å². The van der Waals surface area contributed by atoms with Crippen LogP contribution in [0.25, 0.3) is 0 Å². The van der Waals surface area contributed by atoms with Crippen LogP contribution >= 0.6 is 0 Å². The van der Waals surface area contributed by atoms with Crippen LogP contribution in [0.4, 0.5) is 0 Å². The molecular weight excluding hydrogens is 298 g/mol. The minimum atomic E-state index is -0.989. The zero-order valence-corrected chi connectivity index (χ0v) is 13.5. The van der Waals surface area contributed by atoms with Gasteiger partial charge in [-0.05, 0) is 31.0 Å². The van der Waals surface area contributed by atoms with Crippen molar-refractivity contribution in [3.63, 3.8) is 0 Å². The Morgan fingerprint density at radius 3 is 2.65 bits per heavy atom. The van der Waals surface area contributed by atoms with Crippen molar-refractivity contribution in [1.82, 2.24) is 4.90 Å². The number of nitrogens with zero attached hydrogens (tertiary/aromatic N) is 1. The number of likely N-dealkylation sites (tertiary alicyclic amines) is 1. The van der Waals surface area contributed by atoms with Gasteiger partial charge in [0, 0.05) is 25.6 Å². The normalized spacial score (nSPS) is 26.0. The van der Waals surface area contributed by atoms with Gasteiger partial charge in [-0.25, -0.2) is 4.79 Å². The van der Waals surface area contributed by atoms with Gasteiger partial charge in [0.2, 0.25) is 5.91 Å². The fourth-order valence-electron chi connectivity index (χ4n) is 3.32. The van der Waals surface area contributed by atoms with E-state index in [2.05, 4.69) is 0 Å². The van der Waals surface area contributed by atoms with Gasteiger partial charge in [0.05, 0.1) is 6.10 Å². The van der Waals surface area contributed by atoms with Gasteiger partial charge in [0.25, 0.3) is 0 Å². The maximum Gasteiger partial charge on any atom is 0.326 e. The van der Waals surface area contributed by atoms with Gasteiger partial charge < -0.3 is 19.5 Å². The lowest BCUT2D eigenvalue weighted by Crippen LogP contribution is -2.43. The largest absolute Gasteiger partial charge is 0.492 e. The smallest absolute Gasteiger partial charge is 0.326 e. The fourth-order valence-corrected chi connectivity index (χ4v) is 3.32. The van der Waals surface area contributed by atoms with Crippen LogP contribution in [0.5, 0.6) is 5.75 Å². The predicted molar refractivity (Wildman–Crippen MR) is 82.7 cm³/mol. The number of aliphatic carboxylic acids is 1. The molecule has 0 aliphatic carbocycles. The number of benzene rings is 1. The molecule has 0 saturated carbocycles. The molecule has 1 aromatic rings. The lowest BCUT2D eigenvalue weighted by atomic mass is 9.95. The standard InChI is InChI=1S/C17H21NO5/c1-9-4-12-13(8-23-15(12)5-10(9)2)16(19)18-7-11(22-3)6-14(18)17(20)21/h4-5,11,13-14H,6-8H2,1-3H3,(H,20,21). The van der Waals surface area contributed by atoms with Crippen LogP contribution in [0.1, 0.15) is 29.0 Å². The third-order valence-electron chi connectivity index (χ3n) is 4.87.